The Bertz CT molecular complexity index is 310. The van der Waals surface area contributed by atoms with Crippen LogP contribution in [0, 0.1) is 0 Å². The van der Waals surface area contributed by atoms with E-state index in [1.807, 2.05) is 31.2 Å². The Hall–Kier alpha value is -1.22. The van der Waals surface area contributed by atoms with E-state index in [-0.39, 0.29) is 12.3 Å². The first-order valence-corrected chi connectivity index (χ1v) is 3.89. The highest BCUT2D eigenvalue weighted by atomic mass is 16.3. The lowest BCUT2D eigenvalue weighted by Gasteiger charge is -2.03. The molecule has 0 aliphatic carbocycles. The molecule has 0 fully saturated rings. The number of benzene rings is 1. The topological polar surface area (TPSA) is 45.0 Å². The molecule has 3 nitrogen and oxygen atoms in total. The van der Waals surface area contributed by atoms with E-state index < -0.39 is 0 Å². The minimum atomic E-state index is -0.298. The Morgan fingerprint density at radius 1 is 1.25 bits per heavy atom. The number of hydrogen-bond acceptors (Lipinski definition) is 3. The first-order chi connectivity index (χ1) is 5.74. The van der Waals surface area contributed by atoms with Gasteiger partial charge in [0.25, 0.3) is 0 Å². The molecule has 12 heavy (non-hydrogen) atoms. The van der Waals surface area contributed by atoms with Crippen LogP contribution in [0.3, 0.4) is 0 Å². The number of hydrogen-bond donors (Lipinski definition) is 1. The molecule has 0 atom stereocenters. The third kappa shape index (κ3) is 1.12. The average molecular weight is 162 g/mol. The summed E-state index contributed by atoms with van der Waals surface area (Å²) in [6, 6.07) is 7.69. The average Bonchev–Trinajstić information content (AvgIpc) is 2.85. The molecule has 0 unspecified atom stereocenters. The third-order valence-electron chi connectivity index (χ3n) is 2.08. The van der Waals surface area contributed by atoms with Crippen LogP contribution >= 0.6 is 0 Å². The Labute approximate surface area is 70.8 Å². The van der Waals surface area contributed by atoms with E-state index in [2.05, 4.69) is 10.2 Å². The molecule has 0 aromatic heterocycles. The smallest absolute Gasteiger partial charge is 0.213 e. The molecule has 0 bridgehead atoms. The summed E-state index contributed by atoms with van der Waals surface area (Å²) in [6.07, 6.45) is 0. The molecule has 1 aliphatic heterocycles. The molecular weight excluding hydrogens is 152 g/mol. The standard InChI is InChI=1S/C9H10N2O/c1-9(10-11-9)8-4-2-7(6-12)3-5-8/h2-5,12H,6H2,1H3. The van der Waals surface area contributed by atoms with Crippen molar-refractivity contribution in [1.82, 2.24) is 0 Å². The van der Waals surface area contributed by atoms with Crippen LogP contribution in [0.2, 0.25) is 0 Å². The van der Waals surface area contributed by atoms with E-state index in [0.29, 0.717) is 0 Å². The zero-order chi connectivity index (χ0) is 8.60. The van der Waals surface area contributed by atoms with Gasteiger partial charge in [-0.3, -0.25) is 0 Å². The van der Waals surface area contributed by atoms with Gasteiger partial charge in [-0.25, -0.2) is 0 Å². The summed E-state index contributed by atoms with van der Waals surface area (Å²) in [5.41, 5.74) is 1.70. The van der Waals surface area contributed by atoms with Crippen molar-refractivity contribution in [2.24, 2.45) is 10.2 Å². The van der Waals surface area contributed by atoms with Gasteiger partial charge < -0.3 is 5.11 Å². The molecule has 1 aliphatic rings. The minimum absolute atomic E-state index is 0.0886. The van der Waals surface area contributed by atoms with Crippen LogP contribution in [0.4, 0.5) is 0 Å². The van der Waals surface area contributed by atoms with Crippen LogP contribution in [0.25, 0.3) is 0 Å². The maximum Gasteiger partial charge on any atom is 0.213 e. The maximum absolute atomic E-state index is 8.80. The lowest BCUT2D eigenvalue weighted by Crippen LogP contribution is -2.01. The van der Waals surface area contributed by atoms with Crippen molar-refractivity contribution in [3.8, 4) is 0 Å². The largest absolute Gasteiger partial charge is 0.392 e. The lowest BCUT2D eigenvalue weighted by atomic mass is 10.0. The van der Waals surface area contributed by atoms with Crippen LogP contribution in [0.5, 0.6) is 0 Å². The van der Waals surface area contributed by atoms with Gasteiger partial charge in [0.05, 0.1) is 6.61 Å². The van der Waals surface area contributed by atoms with Gasteiger partial charge in [0, 0.05) is 5.56 Å². The first kappa shape index (κ1) is 7.43. The SMILES string of the molecule is CC1(c2ccc(CO)cc2)N=N1. The zero-order valence-corrected chi connectivity index (χ0v) is 6.86. The molecule has 2 rings (SSSR count). The number of aliphatic hydroxyl groups excluding tert-OH is 1. The Balaban J connectivity index is 2.25. The van der Waals surface area contributed by atoms with Crippen molar-refractivity contribution in [1.29, 1.82) is 0 Å². The highest BCUT2D eigenvalue weighted by Crippen LogP contribution is 2.38. The van der Waals surface area contributed by atoms with Crippen LogP contribution < -0.4 is 0 Å². The van der Waals surface area contributed by atoms with Crippen molar-refractivity contribution in [3.05, 3.63) is 35.4 Å². The molecule has 0 saturated heterocycles. The highest BCUT2D eigenvalue weighted by molar-refractivity contribution is 5.29. The summed E-state index contributed by atoms with van der Waals surface area (Å²) in [5.74, 6) is 0. The van der Waals surface area contributed by atoms with Crippen molar-refractivity contribution >= 4 is 0 Å². The second-order valence-electron chi connectivity index (χ2n) is 3.08. The summed E-state index contributed by atoms with van der Waals surface area (Å²) >= 11 is 0. The van der Waals surface area contributed by atoms with Gasteiger partial charge in [-0.05, 0) is 12.5 Å². The molecule has 62 valence electrons. The predicted octanol–water partition coefficient (Wildman–Crippen LogP) is 1.82. The van der Waals surface area contributed by atoms with Crippen LogP contribution in [-0.4, -0.2) is 5.11 Å². The monoisotopic (exact) mass is 162 g/mol. The summed E-state index contributed by atoms with van der Waals surface area (Å²) in [4.78, 5) is 0. The molecule has 0 spiro atoms. The number of aliphatic hydroxyl groups is 1. The minimum Gasteiger partial charge on any atom is -0.392 e. The molecule has 1 N–H and O–H groups in total. The van der Waals surface area contributed by atoms with E-state index in [1.54, 1.807) is 0 Å². The normalized spacial score (nSPS) is 17.8. The van der Waals surface area contributed by atoms with E-state index in [0.717, 1.165) is 11.1 Å². The summed E-state index contributed by atoms with van der Waals surface area (Å²) in [6.45, 7) is 2.05. The molecule has 3 heteroatoms. The van der Waals surface area contributed by atoms with E-state index >= 15 is 0 Å². The first-order valence-electron chi connectivity index (χ1n) is 3.89. The fraction of sp³-hybridized carbons (Fsp3) is 0.333. The third-order valence-corrected chi connectivity index (χ3v) is 2.08. The van der Waals surface area contributed by atoms with Crippen LogP contribution in [-0.2, 0) is 12.3 Å². The van der Waals surface area contributed by atoms with Gasteiger partial charge in [0.15, 0.2) is 0 Å². The van der Waals surface area contributed by atoms with Crippen molar-refractivity contribution in [2.75, 3.05) is 0 Å². The molecule has 1 heterocycles. The molecule has 0 saturated carbocycles. The molecule has 1 aromatic carbocycles. The van der Waals surface area contributed by atoms with Gasteiger partial charge in [-0.2, -0.15) is 10.2 Å². The Kier molecular flexibility index (Phi) is 1.48. The fourth-order valence-corrected chi connectivity index (χ4v) is 1.12. The van der Waals surface area contributed by atoms with Crippen molar-refractivity contribution in [3.63, 3.8) is 0 Å². The van der Waals surface area contributed by atoms with Crippen LogP contribution in [0.1, 0.15) is 18.1 Å². The summed E-state index contributed by atoms with van der Waals surface area (Å²) in [5, 5.41) is 16.6. The molecular formula is C9H10N2O. The van der Waals surface area contributed by atoms with Gasteiger partial charge in [0.1, 0.15) is 0 Å². The maximum atomic E-state index is 8.80. The van der Waals surface area contributed by atoms with Gasteiger partial charge in [-0.15, -0.1) is 0 Å². The fourth-order valence-electron chi connectivity index (χ4n) is 1.12. The lowest BCUT2D eigenvalue weighted by molar-refractivity contribution is 0.282. The second-order valence-corrected chi connectivity index (χ2v) is 3.08. The number of nitrogens with zero attached hydrogens (tertiary/aromatic N) is 2. The quantitative estimate of drug-likeness (QED) is 0.708. The second kappa shape index (κ2) is 2.38. The van der Waals surface area contributed by atoms with Crippen molar-refractivity contribution < 1.29 is 5.11 Å². The molecule has 1 aromatic rings. The molecule has 0 amide bonds. The van der Waals surface area contributed by atoms with E-state index in [4.69, 9.17) is 5.11 Å². The highest BCUT2D eigenvalue weighted by Gasteiger charge is 2.35. The van der Waals surface area contributed by atoms with Crippen LogP contribution in [0.15, 0.2) is 34.5 Å². The van der Waals surface area contributed by atoms with E-state index in [9.17, 15) is 0 Å². The molecule has 0 radical (unpaired) electrons. The predicted molar refractivity (Wildman–Crippen MR) is 44.6 cm³/mol. The van der Waals surface area contributed by atoms with Gasteiger partial charge in [0.2, 0.25) is 5.66 Å². The van der Waals surface area contributed by atoms with Gasteiger partial charge in [-0.1, -0.05) is 24.3 Å². The summed E-state index contributed by atoms with van der Waals surface area (Å²) in [7, 11) is 0. The number of rotatable bonds is 2. The van der Waals surface area contributed by atoms with Crippen molar-refractivity contribution in [2.45, 2.75) is 19.2 Å². The van der Waals surface area contributed by atoms with Gasteiger partial charge >= 0.3 is 0 Å². The Morgan fingerprint density at radius 3 is 2.25 bits per heavy atom. The summed E-state index contributed by atoms with van der Waals surface area (Å²) < 4.78 is 0. The van der Waals surface area contributed by atoms with E-state index in [1.165, 1.54) is 0 Å². The zero-order valence-electron chi connectivity index (χ0n) is 6.86. The Morgan fingerprint density at radius 2 is 1.83 bits per heavy atom.